The quantitative estimate of drug-likeness (QED) is 0.769. The van der Waals surface area contributed by atoms with Gasteiger partial charge in [0.05, 0.1) is 29.7 Å². The molecule has 1 aliphatic heterocycles. The Hall–Kier alpha value is -2.32. The van der Waals surface area contributed by atoms with E-state index in [9.17, 15) is 4.39 Å². The number of aromatic amines is 1. The standard InChI is InChI=1S/C17H21FN6O/c1-3-24-14-5-4-11(18)6-13(14)21-16(24)9-23-8-12(25-2)7-15(23)17-19-10-20-22-17/h4-6,10,12,15H,3,7-9H2,1-2H3,(H,19,20,22)/t12-,15+/m1/s1. The van der Waals surface area contributed by atoms with Crippen LogP contribution < -0.4 is 0 Å². The van der Waals surface area contributed by atoms with E-state index in [4.69, 9.17) is 4.74 Å². The minimum absolute atomic E-state index is 0.106. The molecule has 0 saturated carbocycles. The van der Waals surface area contributed by atoms with Crippen molar-refractivity contribution in [2.75, 3.05) is 13.7 Å². The predicted octanol–water partition coefficient (Wildman–Crippen LogP) is 2.28. The van der Waals surface area contributed by atoms with Gasteiger partial charge in [-0.2, -0.15) is 5.10 Å². The van der Waals surface area contributed by atoms with Gasteiger partial charge in [-0.3, -0.25) is 10.00 Å². The third kappa shape index (κ3) is 2.91. The number of nitrogens with zero attached hydrogens (tertiary/aromatic N) is 5. The Balaban J connectivity index is 1.67. The summed E-state index contributed by atoms with van der Waals surface area (Å²) in [7, 11) is 1.73. The second kappa shape index (κ2) is 6.53. The van der Waals surface area contributed by atoms with Crippen molar-refractivity contribution in [1.82, 2.24) is 29.6 Å². The fourth-order valence-electron chi connectivity index (χ4n) is 3.68. The number of fused-ring (bicyclic) bond motifs is 1. The van der Waals surface area contributed by atoms with Gasteiger partial charge in [0, 0.05) is 26.3 Å². The molecule has 7 nitrogen and oxygen atoms in total. The van der Waals surface area contributed by atoms with E-state index in [1.165, 1.54) is 18.5 Å². The largest absolute Gasteiger partial charge is 0.380 e. The van der Waals surface area contributed by atoms with Gasteiger partial charge >= 0.3 is 0 Å². The Morgan fingerprint density at radius 1 is 1.40 bits per heavy atom. The Morgan fingerprint density at radius 2 is 2.28 bits per heavy atom. The lowest BCUT2D eigenvalue weighted by Gasteiger charge is -2.22. The molecule has 0 spiro atoms. The summed E-state index contributed by atoms with van der Waals surface area (Å²) in [5.74, 6) is 1.49. The molecule has 132 valence electrons. The molecule has 0 unspecified atom stereocenters. The number of nitrogens with one attached hydrogen (secondary N) is 1. The summed E-state index contributed by atoms with van der Waals surface area (Å²) in [6.45, 7) is 4.30. The minimum atomic E-state index is -0.264. The number of aryl methyl sites for hydroxylation is 1. The number of likely N-dealkylation sites (tertiary alicyclic amines) is 1. The third-order valence-corrected chi connectivity index (χ3v) is 4.90. The van der Waals surface area contributed by atoms with E-state index in [1.54, 1.807) is 13.2 Å². The molecule has 3 aromatic rings. The first-order chi connectivity index (χ1) is 12.2. The van der Waals surface area contributed by atoms with Crippen molar-refractivity contribution >= 4 is 11.0 Å². The fourth-order valence-corrected chi connectivity index (χ4v) is 3.68. The van der Waals surface area contributed by atoms with Crippen LogP contribution in [0.25, 0.3) is 11.0 Å². The van der Waals surface area contributed by atoms with Crippen LogP contribution in [0.15, 0.2) is 24.5 Å². The highest BCUT2D eigenvalue weighted by Crippen LogP contribution is 2.33. The van der Waals surface area contributed by atoms with E-state index in [0.717, 1.165) is 36.7 Å². The van der Waals surface area contributed by atoms with E-state index < -0.39 is 0 Å². The molecule has 0 bridgehead atoms. The van der Waals surface area contributed by atoms with Crippen molar-refractivity contribution in [1.29, 1.82) is 0 Å². The molecule has 1 saturated heterocycles. The average Bonchev–Trinajstić information content (AvgIpc) is 3.32. The number of aromatic nitrogens is 5. The van der Waals surface area contributed by atoms with Gasteiger partial charge in [-0.25, -0.2) is 14.4 Å². The fraction of sp³-hybridized carbons (Fsp3) is 0.471. The number of H-pyrrole nitrogens is 1. The van der Waals surface area contributed by atoms with E-state index >= 15 is 0 Å². The molecule has 2 atom stereocenters. The maximum absolute atomic E-state index is 13.5. The van der Waals surface area contributed by atoms with Gasteiger partial charge in [-0.1, -0.05) is 0 Å². The van der Waals surface area contributed by atoms with Gasteiger partial charge in [0.25, 0.3) is 0 Å². The molecule has 1 N–H and O–H groups in total. The summed E-state index contributed by atoms with van der Waals surface area (Å²) in [4.78, 5) is 11.3. The normalized spacial score (nSPS) is 21.4. The van der Waals surface area contributed by atoms with Crippen molar-refractivity contribution in [3.8, 4) is 0 Å². The van der Waals surface area contributed by atoms with Crippen LogP contribution in [-0.4, -0.2) is 49.4 Å². The molecule has 0 radical (unpaired) electrons. The minimum Gasteiger partial charge on any atom is -0.380 e. The van der Waals surface area contributed by atoms with Crippen LogP contribution >= 0.6 is 0 Å². The molecule has 1 aliphatic rings. The Kier molecular flexibility index (Phi) is 4.22. The number of rotatable bonds is 5. The molecule has 0 aliphatic carbocycles. The SMILES string of the molecule is CCn1c(CN2C[C@H](OC)C[C@H]2c2ncn[nH]2)nc2cc(F)ccc21. The first-order valence-electron chi connectivity index (χ1n) is 8.46. The number of ether oxygens (including phenoxy) is 1. The van der Waals surface area contributed by atoms with Crippen LogP contribution in [-0.2, 0) is 17.8 Å². The molecular weight excluding hydrogens is 323 g/mol. The third-order valence-electron chi connectivity index (χ3n) is 4.90. The number of imidazole rings is 1. The summed E-state index contributed by atoms with van der Waals surface area (Å²) in [6, 6.07) is 4.87. The van der Waals surface area contributed by atoms with E-state index in [-0.39, 0.29) is 18.0 Å². The molecule has 1 aromatic carbocycles. The zero-order valence-electron chi connectivity index (χ0n) is 14.3. The van der Waals surface area contributed by atoms with Crippen LogP contribution in [0.4, 0.5) is 4.39 Å². The van der Waals surface area contributed by atoms with Crippen LogP contribution in [0.1, 0.15) is 31.0 Å². The molecule has 4 rings (SSSR count). The molecule has 25 heavy (non-hydrogen) atoms. The van der Waals surface area contributed by atoms with Crippen LogP contribution in [0, 0.1) is 5.82 Å². The topological polar surface area (TPSA) is 71.9 Å². The van der Waals surface area contributed by atoms with Crippen molar-refractivity contribution < 1.29 is 9.13 Å². The highest BCUT2D eigenvalue weighted by atomic mass is 19.1. The summed E-state index contributed by atoms with van der Waals surface area (Å²) in [5, 5.41) is 6.94. The van der Waals surface area contributed by atoms with Crippen molar-refractivity contribution in [3.05, 3.63) is 42.0 Å². The highest BCUT2D eigenvalue weighted by molar-refractivity contribution is 5.76. The molecule has 2 aromatic heterocycles. The zero-order valence-corrected chi connectivity index (χ0v) is 14.3. The number of halogens is 1. The van der Waals surface area contributed by atoms with Crippen LogP contribution in [0.3, 0.4) is 0 Å². The van der Waals surface area contributed by atoms with Crippen LogP contribution in [0.2, 0.25) is 0 Å². The predicted molar refractivity (Wildman–Crippen MR) is 90.3 cm³/mol. The zero-order chi connectivity index (χ0) is 17.4. The molecule has 1 fully saturated rings. The van der Waals surface area contributed by atoms with Gasteiger partial charge in [0.1, 0.15) is 23.8 Å². The number of methoxy groups -OCH3 is 1. The molecule has 0 amide bonds. The van der Waals surface area contributed by atoms with Crippen LogP contribution in [0.5, 0.6) is 0 Å². The number of benzene rings is 1. The second-order valence-corrected chi connectivity index (χ2v) is 6.31. The number of hydrogen-bond donors (Lipinski definition) is 1. The molecule has 8 heteroatoms. The maximum atomic E-state index is 13.5. The van der Waals surface area contributed by atoms with Gasteiger partial charge in [0.2, 0.25) is 0 Å². The van der Waals surface area contributed by atoms with Gasteiger partial charge in [-0.05, 0) is 25.5 Å². The lowest BCUT2D eigenvalue weighted by Crippen LogP contribution is -2.27. The van der Waals surface area contributed by atoms with E-state index in [0.29, 0.717) is 12.1 Å². The van der Waals surface area contributed by atoms with Gasteiger partial charge in [-0.15, -0.1) is 0 Å². The maximum Gasteiger partial charge on any atom is 0.141 e. The second-order valence-electron chi connectivity index (χ2n) is 6.31. The van der Waals surface area contributed by atoms with Gasteiger partial charge < -0.3 is 9.30 Å². The number of hydrogen-bond acceptors (Lipinski definition) is 5. The Morgan fingerprint density at radius 3 is 3.00 bits per heavy atom. The summed E-state index contributed by atoms with van der Waals surface area (Å²) in [5.41, 5.74) is 1.65. The first-order valence-corrected chi connectivity index (χ1v) is 8.46. The molecular formula is C17H21FN6O. The first kappa shape index (κ1) is 16.2. The monoisotopic (exact) mass is 344 g/mol. The summed E-state index contributed by atoms with van der Waals surface area (Å²) < 4.78 is 21.2. The van der Waals surface area contributed by atoms with Crippen molar-refractivity contribution in [2.45, 2.75) is 38.6 Å². The van der Waals surface area contributed by atoms with E-state index in [1.807, 2.05) is 0 Å². The van der Waals surface area contributed by atoms with Crippen molar-refractivity contribution in [2.24, 2.45) is 0 Å². The highest BCUT2D eigenvalue weighted by Gasteiger charge is 2.35. The molecule has 3 heterocycles. The lowest BCUT2D eigenvalue weighted by atomic mass is 10.2. The lowest BCUT2D eigenvalue weighted by molar-refractivity contribution is 0.106. The Bertz CT molecular complexity index is 862. The smallest absolute Gasteiger partial charge is 0.141 e. The summed E-state index contributed by atoms with van der Waals surface area (Å²) in [6.07, 6.45) is 2.52. The van der Waals surface area contributed by atoms with Crippen molar-refractivity contribution in [3.63, 3.8) is 0 Å². The Labute approximate surface area is 144 Å². The average molecular weight is 344 g/mol. The summed E-state index contributed by atoms with van der Waals surface area (Å²) >= 11 is 0. The van der Waals surface area contributed by atoms with Gasteiger partial charge in [0.15, 0.2) is 0 Å². The van der Waals surface area contributed by atoms with E-state index in [2.05, 4.69) is 36.6 Å².